The van der Waals surface area contributed by atoms with E-state index in [-0.39, 0.29) is 36.2 Å². The topological polar surface area (TPSA) is 138 Å². The average Bonchev–Trinajstić information content (AvgIpc) is 3.17. The van der Waals surface area contributed by atoms with Gasteiger partial charge in [0, 0.05) is 18.2 Å². The van der Waals surface area contributed by atoms with E-state index in [0.29, 0.717) is 5.82 Å². The van der Waals surface area contributed by atoms with Crippen LogP contribution in [0.2, 0.25) is 0 Å². The number of pyridine rings is 1. The molecule has 0 bridgehead atoms. The lowest BCUT2D eigenvalue weighted by Crippen LogP contribution is -3.00. The smallest absolute Gasteiger partial charge is 0.347 e. The molecule has 1 amide bonds. The highest BCUT2D eigenvalue weighted by molar-refractivity contribution is 5.82. The zero-order valence-electron chi connectivity index (χ0n) is 16.8. The summed E-state index contributed by atoms with van der Waals surface area (Å²) in [6.07, 6.45) is 11.1. The molecule has 3 rings (SSSR count). The summed E-state index contributed by atoms with van der Waals surface area (Å²) in [4.78, 5) is 26.3. The van der Waals surface area contributed by atoms with Crippen LogP contribution in [0.3, 0.4) is 0 Å². The van der Waals surface area contributed by atoms with E-state index in [9.17, 15) is 14.9 Å². The van der Waals surface area contributed by atoms with Gasteiger partial charge in [-0.1, -0.05) is 36.9 Å². The number of nitrogens with one attached hydrogen (secondary N) is 1. The number of carbonyl (C=O) groups is 1. The van der Waals surface area contributed by atoms with E-state index >= 15 is 0 Å². The van der Waals surface area contributed by atoms with Gasteiger partial charge in [-0.25, -0.2) is 10.4 Å². The van der Waals surface area contributed by atoms with Gasteiger partial charge in [0.1, 0.15) is 6.20 Å². The Morgan fingerprint density at radius 1 is 1.19 bits per heavy atom. The van der Waals surface area contributed by atoms with Gasteiger partial charge < -0.3 is 28.0 Å². The molecular weight excluding hydrogens is 436 g/mol. The SMILES string of the molecule is C=Cn1c([N+](=O)[O-])cnc1C=Cc1ccc(C=NNC(=O)C[n+]2ccccc2)cc1.O.[Cl-]. The molecule has 0 unspecified atom stereocenters. The molecule has 0 fully saturated rings. The van der Waals surface area contributed by atoms with E-state index in [4.69, 9.17) is 0 Å². The molecule has 32 heavy (non-hydrogen) atoms. The average molecular weight is 457 g/mol. The molecule has 0 radical (unpaired) electrons. The molecule has 11 heteroatoms. The molecule has 166 valence electrons. The van der Waals surface area contributed by atoms with E-state index in [1.165, 1.54) is 17.0 Å². The second-order valence-corrected chi connectivity index (χ2v) is 6.13. The molecule has 0 atom stereocenters. The van der Waals surface area contributed by atoms with Crippen LogP contribution in [0.4, 0.5) is 5.82 Å². The number of imidazole rings is 1. The molecule has 2 aromatic heterocycles. The summed E-state index contributed by atoms with van der Waals surface area (Å²) in [5, 5.41) is 14.9. The molecular formula is C21H21ClN6O4. The van der Waals surface area contributed by atoms with Crippen molar-refractivity contribution in [3.8, 4) is 0 Å². The van der Waals surface area contributed by atoms with Gasteiger partial charge in [0.15, 0.2) is 12.4 Å². The Hall–Kier alpha value is -4.15. The summed E-state index contributed by atoms with van der Waals surface area (Å²) in [6.45, 7) is 3.76. The molecule has 0 aliphatic carbocycles. The van der Waals surface area contributed by atoms with Gasteiger partial charge in [-0.05, 0) is 22.1 Å². The van der Waals surface area contributed by atoms with Crippen molar-refractivity contribution < 1.29 is 32.2 Å². The molecule has 2 heterocycles. The summed E-state index contributed by atoms with van der Waals surface area (Å²) >= 11 is 0. The first-order valence-electron chi connectivity index (χ1n) is 8.95. The van der Waals surface area contributed by atoms with Crippen molar-refractivity contribution in [2.45, 2.75) is 6.54 Å². The monoisotopic (exact) mass is 456 g/mol. The fourth-order valence-electron chi connectivity index (χ4n) is 2.59. The van der Waals surface area contributed by atoms with Crippen LogP contribution >= 0.6 is 0 Å². The van der Waals surface area contributed by atoms with E-state index < -0.39 is 4.92 Å². The normalized spacial score (nSPS) is 10.4. The van der Waals surface area contributed by atoms with Crippen LogP contribution in [0.25, 0.3) is 18.4 Å². The van der Waals surface area contributed by atoms with Crippen LogP contribution in [0.5, 0.6) is 0 Å². The molecule has 10 nitrogen and oxygen atoms in total. The molecule has 3 aromatic rings. The Morgan fingerprint density at radius 3 is 2.47 bits per heavy atom. The fraction of sp³-hybridized carbons (Fsp3) is 0.0476. The molecule has 0 aliphatic rings. The minimum absolute atomic E-state index is 0. The zero-order valence-corrected chi connectivity index (χ0v) is 17.6. The predicted octanol–water partition coefficient (Wildman–Crippen LogP) is -1.32. The number of hydrogen-bond acceptors (Lipinski definition) is 5. The van der Waals surface area contributed by atoms with Gasteiger partial charge in [-0.3, -0.25) is 4.79 Å². The third-order valence-corrected chi connectivity index (χ3v) is 4.04. The van der Waals surface area contributed by atoms with Gasteiger partial charge >= 0.3 is 11.7 Å². The van der Waals surface area contributed by atoms with Crippen molar-refractivity contribution in [3.05, 3.63) is 94.7 Å². The summed E-state index contributed by atoms with van der Waals surface area (Å²) < 4.78 is 3.05. The number of hydrogen-bond donors (Lipinski definition) is 1. The lowest BCUT2D eigenvalue weighted by atomic mass is 10.1. The van der Waals surface area contributed by atoms with E-state index in [1.807, 2.05) is 42.5 Å². The van der Waals surface area contributed by atoms with Crippen LogP contribution in [0, 0.1) is 10.1 Å². The number of nitrogens with zero attached hydrogens (tertiary/aromatic N) is 5. The molecule has 0 aliphatic heterocycles. The lowest BCUT2D eigenvalue weighted by Gasteiger charge is -1.98. The van der Waals surface area contributed by atoms with E-state index in [0.717, 1.165) is 11.1 Å². The number of halogens is 1. The van der Waals surface area contributed by atoms with Gasteiger partial charge in [-0.2, -0.15) is 14.2 Å². The van der Waals surface area contributed by atoms with Gasteiger partial charge in [0.2, 0.25) is 12.4 Å². The van der Waals surface area contributed by atoms with Crippen molar-refractivity contribution in [2.24, 2.45) is 5.10 Å². The maximum atomic E-state index is 11.9. The quantitative estimate of drug-likeness (QED) is 0.194. The van der Waals surface area contributed by atoms with Crippen LogP contribution in [0.15, 0.2) is 72.7 Å². The van der Waals surface area contributed by atoms with Gasteiger partial charge in [0.25, 0.3) is 0 Å². The van der Waals surface area contributed by atoms with Crippen LogP contribution in [0.1, 0.15) is 17.0 Å². The van der Waals surface area contributed by atoms with E-state index in [1.54, 1.807) is 35.3 Å². The number of aromatic nitrogens is 3. The number of amides is 1. The zero-order chi connectivity index (χ0) is 21.3. The highest BCUT2D eigenvalue weighted by atomic mass is 35.5. The van der Waals surface area contributed by atoms with Crippen molar-refractivity contribution in [1.29, 1.82) is 0 Å². The summed E-state index contributed by atoms with van der Waals surface area (Å²) in [7, 11) is 0. The maximum Gasteiger partial charge on any atom is 0.347 e. The molecule has 1 aromatic carbocycles. The van der Waals surface area contributed by atoms with Crippen molar-refractivity contribution in [3.63, 3.8) is 0 Å². The van der Waals surface area contributed by atoms with Crippen LogP contribution < -0.4 is 22.4 Å². The first-order chi connectivity index (χ1) is 14.6. The fourth-order valence-corrected chi connectivity index (χ4v) is 2.59. The summed E-state index contributed by atoms with van der Waals surface area (Å²) in [5.74, 6) is 0.0269. The number of nitro groups is 1. The Bertz CT molecular complexity index is 1110. The largest absolute Gasteiger partial charge is 1.00 e. The first-order valence-corrected chi connectivity index (χ1v) is 8.95. The van der Waals surface area contributed by atoms with Crippen LogP contribution in [-0.2, 0) is 11.3 Å². The van der Waals surface area contributed by atoms with E-state index in [2.05, 4.69) is 22.1 Å². The second kappa shape index (κ2) is 12.5. The summed E-state index contributed by atoms with van der Waals surface area (Å²) in [6, 6.07) is 13.0. The van der Waals surface area contributed by atoms with Crippen LogP contribution in [-0.4, -0.2) is 32.1 Å². The molecule has 0 saturated heterocycles. The maximum absolute atomic E-state index is 11.9. The Balaban J connectivity index is 0.00000256. The third-order valence-electron chi connectivity index (χ3n) is 4.04. The molecule has 3 N–H and O–H groups in total. The highest BCUT2D eigenvalue weighted by Gasteiger charge is 2.15. The second-order valence-electron chi connectivity index (χ2n) is 6.13. The molecule has 0 spiro atoms. The van der Waals surface area contributed by atoms with Crippen molar-refractivity contribution >= 4 is 36.3 Å². The molecule has 0 saturated carbocycles. The number of rotatable bonds is 8. The Kier molecular flexibility index (Phi) is 10.1. The highest BCUT2D eigenvalue weighted by Crippen LogP contribution is 2.16. The Morgan fingerprint density at radius 2 is 1.84 bits per heavy atom. The third kappa shape index (κ3) is 6.97. The minimum Gasteiger partial charge on any atom is -1.00 e. The minimum atomic E-state index is -0.516. The number of carbonyl (C=O) groups excluding carboxylic acids is 1. The van der Waals surface area contributed by atoms with Crippen molar-refractivity contribution in [1.82, 2.24) is 15.0 Å². The number of hydrazone groups is 1. The van der Waals surface area contributed by atoms with Gasteiger partial charge in [-0.15, -0.1) is 0 Å². The summed E-state index contributed by atoms with van der Waals surface area (Å²) in [5.41, 5.74) is 4.17. The standard InChI is InChI=1S/C21H18N6O3.ClH.H2O/c1-2-26-19(22-15-21(26)27(29)30)11-10-17-6-8-18(9-7-17)14-23-24-20(28)16-25-12-4-3-5-13-25;;/h2-15H,1,16H2;1H;1H2. The Labute approximate surface area is 190 Å². The van der Waals surface area contributed by atoms with Crippen molar-refractivity contribution in [2.75, 3.05) is 0 Å². The first kappa shape index (κ1) is 25.9. The van der Waals surface area contributed by atoms with Gasteiger partial charge in [0.05, 0.1) is 12.4 Å². The number of benzene rings is 1. The predicted molar refractivity (Wildman–Crippen MR) is 117 cm³/mol. The lowest BCUT2D eigenvalue weighted by molar-refractivity contribution is -0.684.